The summed E-state index contributed by atoms with van der Waals surface area (Å²) in [5.74, 6) is 1.63. The number of rotatable bonds is 4. The van der Waals surface area contributed by atoms with Crippen molar-refractivity contribution in [2.75, 3.05) is 0 Å². The summed E-state index contributed by atoms with van der Waals surface area (Å²) in [6.07, 6.45) is 8.98. The molecular weight excluding hydrogens is 220 g/mol. The van der Waals surface area contributed by atoms with Gasteiger partial charge in [-0.25, -0.2) is 0 Å². The molecule has 0 bridgehead atoms. The van der Waals surface area contributed by atoms with E-state index in [1.54, 1.807) is 0 Å². The van der Waals surface area contributed by atoms with Crippen LogP contribution in [0.25, 0.3) is 0 Å². The number of carbonyl (C=O) groups excluding carboxylic acids is 1. The Morgan fingerprint density at radius 2 is 1.94 bits per heavy atom. The Bertz CT molecular complexity index is 362. The summed E-state index contributed by atoms with van der Waals surface area (Å²) >= 11 is 0. The van der Waals surface area contributed by atoms with Crippen LogP contribution in [0.15, 0.2) is 24.3 Å². The van der Waals surface area contributed by atoms with Gasteiger partial charge in [-0.05, 0) is 49.1 Å². The van der Waals surface area contributed by atoms with Crippen LogP contribution in [-0.2, 0) is 0 Å². The Balaban J connectivity index is 0.00000162. The SMILES string of the molecule is C.CCCC1CCC(c2cccc(C=O)c2)CC1. The molecule has 0 radical (unpaired) electrons. The second kappa shape index (κ2) is 7.35. The Morgan fingerprint density at radius 3 is 2.56 bits per heavy atom. The van der Waals surface area contributed by atoms with Gasteiger partial charge in [0.25, 0.3) is 0 Å². The second-order valence-electron chi connectivity index (χ2n) is 5.29. The third kappa shape index (κ3) is 3.69. The maximum Gasteiger partial charge on any atom is 0.150 e. The van der Waals surface area contributed by atoms with Crippen LogP contribution >= 0.6 is 0 Å². The molecule has 18 heavy (non-hydrogen) atoms. The van der Waals surface area contributed by atoms with E-state index in [1.807, 2.05) is 12.1 Å². The van der Waals surface area contributed by atoms with Crippen molar-refractivity contribution in [3.63, 3.8) is 0 Å². The fourth-order valence-corrected chi connectivity index (χ4v) is 3.08. The molecule has 0 aromatic heterocycles. The van der Waals surface area contributed by atoms with Gasteiger partial charge in [0.15, 0.2) is 0 Å². The summed E-state index contributed by atoms with van der Waals surface area (Å²) in [5.41, 5.74) is 2.18. The van der Waals surface area contributed by atoms with Crippen LogP contribution in [0.2, 0.25) is 0 Å². The van der Waals surface area contributed by atoms with Crippen molar-refractivity contribution < 1.29 is 4.79 Å². The van der Waals surface area contributed by atoms with Crippen molar-refractivity contribution in [2.24, 2.45) is 5.92 Å². The highest BCUT2D eigenvalue weighted by atomic mass is 16.1. The Labute approximate surface area is 112 Å². The highest BCUT2D eigenvalue weighted by molar-refractivity contribution is 5.75. The van der Waals surface area contributed by atoms with E-state index < -0.39 is 0 Å². The van der Waals surface area contributed by atoms with E-state index in [0.717, 1.165) is 17.8 Å². The third-order valence-corrected chi connectivity index (χ3v) is 4.06. The predicted octanol–water partition coefficient (Wildman–Crippen LogP) is 5.21. The van der Waals surface area contributed by atoms with Gasteiger partial charge in [0, 0.05) is 5.56 Å². The van der Waals surface area contributed by atoms with Crippen LogP contribution in [-0.4, -0.2) is 6.29 Å². The molecule has 0 atom stereocenters. The van der Waals surface area contributed by atoms with Crippen molar-refractivity contribution in [3.05, 3.63) is 35.4 Å². The maximum absolute atomic E-state index is 10.8. The van der Waals surface area contributed by atoms with Gasteiger partial charge in [-0.3, -0.25) is 4.79 Å². The zero-order chi connectivity index (χ0) is 12.1. The zero-order valence-electron chi connectivity index (χ0n) is 10.7. The van der Waals surface area contributed by atoms with Gasteiger partial charge >= 0.3 is 0 Å². The molecule has 100 valence electrons. The van der Waals surface area contributed by atoms with Crippen molar-refractivity contribution in [2.45, 2.75) is 58.8 Å². The maximum atomic E-state index is 10.8. The minimum Gasteiger partial charge on any atom is -0.298 e. The van der Waals surface area contributed by atoms with Crippen LogP contribution in [0.4, 0.5) is 0 Å². The Hall–Kier alpha value is -1.11. The second-order valence-corrected chi connectivity index (χ2v) is 5.29. The van der Waals surface area contributed by atoms with Crippen LogP contribution in [0.3, 0.4) is 0 Å². The molecule has 1 heteroatoms. The molecule has 0 unspecified atom stereocenters. The number of hydrogen-bond acceptors (Lipinski definition) is 1. The molecule has 0 spiro atoms. The summed E-state index contributed by atoms with van der Waals surface area (Å²) in [5, 5.41) is 0. The highest BCUT2D eigenvalue weighted by Gasteiger charge is 2.21. The molecule has 1 fully saturated rings. The van der Waals surface area contributed by atoms with Crippen molar-refractivity contribution in [3.8, 4) is 0 Å². The topological polar surface area (TPSA) is 17.1 Å². The van der Waals surface area contributed by atoms with Gasteiger partial charge in [-0.1, -0.05) is 45.4 Å². The molecule has 1 aliphatic rings. The minimum atomic E-state index is 0. The lowest BCUT2D eigenvalue weighted by Crippen LogP contribution is -2.13. The van der Waals surface area contributed by atoms with Gasteiger partial charge in [-0.2, -0.15) is 0 Å². The first-order valence-electron chi connectivity index (χ1n) is 6.88. The summed E-state index contributed by atoms with van der Waals surface area (Å²) < 4.78 is 0. The number of hydrogen-bond donors (Lipinski definition) is 0. The Morgan fingerprint density at radius 1 is 1.22 bits per heavy atom. The lowest BCUT2D eigenvalue weighted by atomic mass is 9.77. The average molecular weight is 246 g/mol. The van der Waals surface area contributed by atoms with E-state index in [4.69, 9.17) is 0 Å². The summed E-state index contributed by atoms with van der Waals surface area (Å²) in [7, 11) is 0. The molecule has 0 saturated heterocycles. The molecule has 1 aromatic rings. The first-order chi connectivity index (χ1) is 8.33. The Kier molecular flexibility index (Phi) is 6.11. The fourth-order valence-electron chi connectivity index (χ4n) is 3.08. The first-order valence-corrected chi connectivity index (χ1v) is 6.88. The molecule has 1 aromatic carbocycles. The quantitative estimate of drug-likeness (QED) is 0.666. The molecule has 0 heterocycles. The lowest BCUT2D eigenvalue weighted by Gasteiger charge is -2.28. The van der Waals surface area contributed by atoms with E-state index in [2.05, 4.69) is 19.1 Å². The van der Waals surface area contributed by atoms with E-state index in [1.165, 1.54) is 44.1 Å². The average Bonchev–Trinajstić information content (AvgIpc) is 2.40. The lowest BCUT2D eigenvalue weighted by molar-refractivity contribution is 0.112. The molecule has 1 saturated carbocycles. The van der Waals surface area contributed by atoms with Crippen molar-refractivity contribution in [1.29, 1.82) is 0 Å². The van der Waals surface area contributed by atoms with Gasteiger partial charge in [0.1, 0.15) is 6.29 Å². The standard InChI is InChI=1S/C16H22O.CH4/c1-2-4-13-7-9-15(10-8-13)16-6-3-5-14(11-16)12-17;/h3,5-6,11-13,15H,2,4,7-10H2,1H3;1H4. The van der Waals surface area contributed by atoms with Gasteiger partial charge in [0.05, 0.1) is 0 Å². The van der Waals surface area contributed by atoms with Crippen molar-refractivity contribution in [1.82, 2.24) is 0 Å². The van der Waals surface area contributed by atoms with Crippen LogP contribution in [0.1, 0.15) is 74.7 Å². The fraction of sp³-hybridized carbons (Fsp3) is 0.588. The minimum absolute atomic E-state index is 0. The van der Waals surface area contributed by atoms with Gasteiger partial charge in [-0.15, -0.1) is 0 Å². The molecule has 0 N–H and O–H groups in total. The van der Waals surface area contributed by atoms with Crippen LogP contribution in [0, 0.1) is 5.92 Å². The zero-order valence-corrected chi connectivity index (χ0v) is 10.7. The van der Waals surface area contributed by atoms with E-state index >= 15 is 0 Å². The largest absolute Gasteiger partial charge is 0.298 e. The van der Waals surface area contributed by atoms with Gasteiger partial charge in [0.2, 0.25) is 0 Å². The summed E-state index contributed by atoms with van der Waals surface area (Å²) in [6, 6.07) is 8.14. The first kappa shape index (κ1) is 14.9. The number of benzene rings is 1. The van der Waals surface area contributed by atoms with E-state index in [9.17, 15) is 4.79 Å². The molecular formula is C17H26O. The third-order valence-electron chi connectivity index (χ3n) is 4.06. The smallest absolute Gasteiger partial charge is 0.150 e. The summed E-state index contributed by atoms with van der Waals surface area (Å²) in [6.45, 7) is 2.28. The molecule has 1 aliphatic carbocycles. The molecule has 2 rings (SSSR count). The number of aldehydes is 1. The van der Waals surface area contributed by atoms with E-state index in [0.29, 0.717) is 5.92 Å². The normalized spacial score (nSPS) is 23.2. The number of carbonyl (C=O) groups is 1. The van der Waals surface area contributed by atoms with Crippen LogP contribution < -0.4 is 0 Å². The monoisotopic (exact) mass is 246 g/mol. The summed E-state index contributed by atoms with van der Waals surface area (Å²) in [4.78, 5) is 10.8. The van der Waals surface area contributed by atoms with E-state index in [-0.39, 0.29) is 7.43 Å². The van der Waals surface area contributed by atoms with Gasteiger partial charge < -0.3 is 0 Å². The molecule has 1 nitrogen and oxygen atoms in total. The van der Waals surface area contributed by atoms with Crippen molar-refractivity contribution >= 4 is 6.29 Å². The molecule has 0 aliphatic heterocycles. The van der Waals surface area contributed by atoms with Crippen LogP contribution in [0.5, 0.6) is 0 Å². The molecule has 0 amide bonds. The highest BCUT2D eigenvalue weighted by Crippen LogP contribution is 2.37. The predicted molar refractivity (Wildman–Crippen MR) is 78.2 cm³/mol.